The van der Waals surface area contributed by atoms with Gasteiger partial charge >= 0.3 is 0 Å². The molecule has 0 atom stereocenters. The average molecular weight is 82.1 g/mol. The van der Waals surface area contributed by atoms with Gasteiger partial charge in [-0.15, -0.1) is 13.2 Å². The van der Waals surface area contributed by atoms with Gasteiger partial charge in [-0.3, -0.25) is 0 Å². The Bertz CT molecular complexity index is 32.9. The molecule has 0 rings (SSSR count). The van der Waals surface area contributed by atoms with Crippen molar-refractivity contribution in [3.8, 4) is 0 Å². The monoisotopic (exact) mass is 82.0 g/mol. The minimum atomic E-state index is -0.0401. The maximum atomic E-state index is 3.54. The van der Waals surface area contributed by atoms with Crippen molar-refractivity contribution in [1.29, 1.82) is 0 Å². The third kappa shape index (κ3) is 4.01. The van der Waals surface area contributed by atoms with Crippen LogP contribution < -0.4 is 0 Å². The molecule has 0 N–H and O–H groups in total. The van der Waals surface area contributed by atoms with Crippen LogP contribution in [0.5, 0.6) is 0 Å². The summed E-state index contributed by atoms with van der Waals surface area (Å²) in [6.07, 6.45) is 0. The van der Waals surface area contributed by atoms with Gasteiger partial charge in [0, 0.05) is 0 Å². The van der Waals surface area contributed by atoms with E-state index in [1.165, 1.54) is 0 Å². The maximum Gasteiger partial charge on any atom is 0.300 e. The Labute approximate surface area is 38.9 Å². The summed E-state index contributed by atoms with van der Waals surface area (Å²) in [5.74, 6) is 0. The van der Waals surface area contributed by atoms with Crippen LogP contribution in [0.25, 0.3) is 0 Å². The minimum absolute atomic E-state index is 0.0401. The first kappa shape index (κ1) is 5.01. The van der Waals surface area contributed by atoms with Crippen LogP contribution in [0.1, 0.15) is 0 Å². The second-order valence-corrected chi connectivity index (χ2v) is 2.44. The summed E-state index contributed by atoms with van der Waals surface area (Å²) in [4.78, 5) is 3.90. The molecule has 0 aliphatic carbocycles. The quantitative estimate of drug-likeness (QED) is 0.430. The fraction of sp³-hybridized carbons (Fsp3) is 0. The zero-order chi connectivity index (χ0) is 4.12. The third-order valence-electron chi connectivity index (χ3n) is 0.333. The lowest BCUT2D eigenvalue weighted by molar-refractivity contribution is 2.44. The number of hydrogen-bond acceptors (Lipinski definition) is 0. The van der Waals surface area contributed by atoms with Gasteiger partial charge in [0.25, 0.3) is 15.2 Å². The van der Waals surface area contributed by atoms with Crippen molar-refractivity contribution in [1.82, 2.24) is 0 Å². The highest BCUT2D eigenvalue weighted by atomic mass is 27.1. The Morgan fingerprint density at radius 1 is 1.20 bits per heavy atom. The van der Waals surface area contributed by atoms with Gasteiger partial charge in [0.05, 0.1) is 0 Å². The van der Waals surface area contributed by atoms with Crippen LogP contribution in [0, 0.1) is 0 Å². The Hall–Kier alpha value is 0.0125. The molecule has 26 valence electrons. The first-order valence-electron chi connectivity index (χ1n) is 1.63. The van der Waals surface area contributed by atoms with Crippen molar-refractivity contribution in [2.45, 2.75) is 0 Å². The van der Waals surface area contributed by atoms with Crippen molar-refractivity contribution in [2.24, 2.45) is 0 Å². The Morgan fingerprint density at radius 2 is 1.60 bits per heavy atom. The smallest absolute Gasteiger partial charge is 0.151 e. The summed E-state index contributed by atoms with van der Waals surface area (Å²) >= 11 is -0.0401. The van der Waals surface area contributed by atoms with E-state index in [0.29, 0.717) is 0 Å². The molecule has 0 spiro atoms. The molecule has 5 heavy (non-hydrogen) atoms. The van der Waals surface area contributed by atoms with E-state index in [1.54, 1.807) is 0 Å². The topological polar surface area (TPSA) is 0 Å². The van der Waals surface area contributed by atoms with Crippen LogP contribution in [-0.2, 0) is 0 Å². The normalized spacial score (nSPS) is 5.60. The van der Waals surface area contributed by atoms with E-state index in [4.69, 9.17) is 0 Å². The van der Waals surface area contributed by atoms with E-state index in [1.807, 2.05) is 9.88 Å². The first-order chi connectivity index (χ1) is 2.41. The highest BCUT2D eigenvalue weighted by Crippen LogP contribution is 1.55. The van der Waals surface area contributed by atoms with E-state index >= 15 is 0 Å². The Morgan fingerprint density at radius 3 is 1.60 bits per heavy atom. The van der Waals surface area contributed by atoms with E-state index in [0.717, 1.165) is 0 Å². The summed E-state index contributed by atoms with van der Waals surface area (Å²) < 4.78 is 0. The van der Waals surface area contributed by atoms with Crippen molar-refractivity contribution in [3.63, 3.8) is 0 Å². The van der Waals surface area contributed by atoms with Crippen LogP contribution in [0.4, 0.5) is 0 Å². The van der Waals surface area contributed by atoms with Crippen LogP contribution >= 0.6 is 0 Å². The molecule has 0 saturated heterocycles. The van der Waals surface area contributed by atoms with Gasteiger partial charge in [-0.25, -0.2) is 0 Å². The summed E-state index contributed by atoms with van der Waals surface area (Å²) in [5, 5.41) is 0. The molecule has 0 radical (unpaired) electrons. The van der Waals surface area contributed by atoms with Crippen LogP contribution in [0.2, 0.25) is 0 Å². The summed E-state index contributed by atoms with van der Waals surface area (Å²) in [6.45, 7) is 7.08. The number of rotatable bonds is 2. The predicted octanol–water partition coefficient (Wildman–Crippen LogP) is 0.710. The van der Waals surface area contributed by atoms with E-state index in [9.17, 15) is 0 Å². The molecule has 0 bridgehead atoms. The Kier molecular flexibility index (Phi) is 4.02. The molecule has 0 unspecified atom stereocenters. The molecule has 0 aromatic carbocycles. The van der Waals surface area contributed by atoms with Gasteiger partial charge in [0.15, 0.2) is 0 Å². The highest BCUT2D eigenvalue weighted by molar-refractivity contribution is 6.47. The Balaban J connectivity index is 2.65. The predicted molar refractivity (Wildman–Crippen MR) is 27.5 cm³/mol. The van der Waals surface area contributed by atoms with Crippen molar-refractivity contribution in [3.05, 3.63) is 23.0 Å². The zero-order valence-electron chi connectivity index (χ0n) is 3.28. The van der Waals surface area contributed by atoms with Crippen LogP contribution in [0.3, 0.4) is 0 Å². The van der Waals surface area contributed by atoms with Crippen LogP contribution in [-0.4, -0.2) is 15.2 Å². The summed E-state index contributed by atoms with van der Waals surface area (Å²) in [5.41, 5.74) is 0. The van der Waals surface area contributed by atoms with Gasteiger partial charge in [-0.1, -0.05) is 0 Å². The fourth-order valence-corrected chi connectivity index (χ4v) is 0.354. The van der Waals surface area contributed by atoms with E-state index in [-0.39, 0.29) is 15.2 Å². The SMILES string of the molecule is C=[CH][AlH][CH]=C. The fourth-order valence-electron chi connectivity index (χ4n) is 0.118. The molecule has 1 heteroatoms. The largest absolute Gasteiger partial charge is 0.300 e. The molecular formula is C4H7Al. The molecular weight excluding hydrogens is 75.0 g/mol. The second-order valence-electron chi connectivity index (χ2n) is 0.813. The van der Waals surface area contributed by atoms with Crippen LogP contribution in [0.15, 0.2) is 23.0 Å². The molecule has 0 heterocycles. The number of hydrogen-bond donors (Lipinski definition) is 0. The van der Waals surface area contributed by atoms with Crippen molar-refractivity contribution >= 4 is 15.2 Å². The molecule has 0 nitrogen and oxygen atoms in total. The highest BCUT2D eigenvalue weighted by Gasteiger charge is 1.64. The standard InChI is InChI=1S/2C2H3.Al.H/c2*1-2;;/h2*1H,2H2;;. The summed E-state index contributed by atoms with van der Waals surface area (Å²) in [6, 6.07) is 0. The zero-order valence-corrected chi connectivity index (χ0v) is 4.69. The average Bonchev–Trinajstić information content (AvgIpc) is 1.41. The third-order valence-corrected chi connectivity index (χ3v) is 1.00. The van der Waals surface area contributed by atoms with Gasteiger partial charge in [-0.2, -0.15) is 9.88 Å². The molecule has 0 aromatic heterocycles. The van der Waals surface area contributed by atoms with E-state index in [2.05, 4.69) is 13.2 Å². The molecule has 0 fully saturated rings. The molecule has 0 aromatic rings. The van der Waals surface area contributed by atoms with Gasteiger partial charge < -0.3 is 0 Å². The first-order valence-corrected chi connectivity index (χ1v) is 3.27. The second kappa shape index (κ2) is 4.01. The molecule has 0 saturated carbocycles. The molecule has 0 amide bonds. The van der Waals surface area contributed by atoms with E-state index < -0.39 is 0 Å². The molecule has 0 aliphatic heterocycles. The van der Waals surface area contributed by atoms with Gasteiger partial charge in [0.1, 0.15) is 0 Å². The van der Waals surface area contributed by atoms with Crippen molar-refractivity contribution in [2.75, 3.05) is 0 Å². The maximum absolute atomic E-state index is 3.54. The summed E-state index contributed by atoms with van der Waals surface area (Å²) in [7, 11) is 0. The lowest BCUT2D eigenvalue weighted by Gasteiger charge is -1.57. The van der Waals surface area contributed by atoms with Crippen molar-refractivity contribution < 1.29 is 0 Å². The van der Waals surface area contributed by atoms with Gasteiger partial charge in [0.2, 0.25) is 0 Å². The molecule has 0 aliphatic rings. The lowest BCUT2D eigenvalue weighted by Crippen LogP contribution is -1.67. The minimum Gasteiger partial charge on any atom is -0.151 e. The lowest BCUT2D eigenvalue weighted by atomic mass is 11.2. The van der Waals surface area contributed by atoms with Gasteiger partial charge in [-0.05, 0) is 0 Å².